The van der Waals surface area contributed by atoms with Crippen molar-refractivity contribution in [3.8, 4) is 0 Å². The van der Waals surface area contributed by atoms with Crippen LogP contribution in [0.15, 0.2) is 29.2 Å². The molecule has 2 nitrogen and oxygen atoms in total. The SMILES string of the molecule is CCCCSc1ccc(NC(=O)CCl)cc1. The smallest absolute Gasteiger partial charge is 0.239 e. The van der Waals surface area contributed by atoms with Gasteiger partial charge in [0.2, 0.25) is 5.91 Å². The van der Waals surface area contributed by atoms with Crippen molar-refractivity contribution < 1.29 is 4.79 Å². The van der Waals surface area contributed by atoms with Crippen LogP contribution in [-0.2, 0) is 4.79 Å². The quantitative estimate of drug-likeness (QED) is 0.478. The Bertz CT molecular complexity index is 326. The molecule has 0 aliphatic carbocycles. The molecule has 1 amide bonds. The lowest BCUT2D eigenvalue weighted by molar-refractivity contribution is -0.113. The van der Waals surface area contributed by atoms with Crippen LogP contribution in [0.25, 0.3) is 0 Å². The summed E-state index contributed by atoms with van der Waals surface area (Å²) < 4.78 is 0. The molecule has 4 heteroatoms. The zero-order valence-corrected chi connectivity index (χ0v) is 10.9. The molecule has 0 aliphatic heterocycles. The van der Waals surface area contributed by atoms with Gasteiger partial charge in [0.05, 0.1) is 0 Å². The number of nitrogens with one attached hydrogen (secondary N) is 1. The number of amides is 1. The average Bonchev–Trinajstić information content (AvgIpc) is 2.31. The van der Waals surface area contributed by atoms with E-state index >= 15 is 0 Å². The summed E-state index contributed by atoms with van der Waals surface area (Å²) >= 11 is 7.24. The number of carbonyl (C=O) groups excluding carboxylic acids is 1. The van der Waals surface area contributed by atoms with Crippen LogP contribution in [0.1, 0.15) is 19.8 Å². The van der Waals surface area contributed by atoms with Gasteiger partial charge >= 0.3 is 0 Å². The number of hydrogen-bond donors (Lipinski definition) is 1. The second-order valence-corrected chi connectivity index (χ2v) is 4.84. The van der Waals surface area contributed by atoms with E-state index in [4.69, 9.17) is 11.6 Å². The lowest BCUT2D eigenvalue weighted by Gasteiger charge is -2.04. The second-order valence-electron chi connectivity index (χ2n) is 3.41. The van der Waals surface area contributed by atoms with Crippen molar-refractivity contribution in [3.05, 3.63) is 24.3 Å². The first-order valence-electron chi connectivity index (χ1n) is 5.35. The van der Waals surface area contributed by atoms with Gasteiger partial charge in [-0.15, -0.1) is 23.4 Å². The molecule has 1 rings (SSSR count). The van der Waals surface area contributed by atoms with E-state index in [-0.39, 0.29) is 11.8 Å². The van der Waals surface area contributed by atoms with Gasteiger partial charge in [-0.05, 0) is 36.4 Å². The van der Waals surface area contributed by atoms with Gasteiger partial charge < -0.3 is 5.32 Å². The highest BCUT2D eigenvalue weighted by Crippen LogP contribution is 2.21. The largest absolute Gasteiger partial charge is 0.325 e. The third-order valence-electron chi connectivity index (χ3n) is 2.03. The molecule has 1 aromatic carbocycles. The molecule has 1 N–H and O–H groups in total. The molecule has 0 aliphatic rings. The van der Waals surface area contributed by atoms with Crippen molar-refractivity contribution in [1.82, 2.24) is 0 Å². The van der Waals surface area contributed by atoms with Crippen molar-refractivity contribution in [1.29, 1.82) is 0 Å². The highest BCUT2D eigenvalue weighted by Gasteiger charge is 1.99. The summed E-state index contributed by atoms with van der Waals surface area (Å²) in [5, 5.41) is 2.71. The molecule has 0 bridgehead atoms. The summed E-state index contributed by atoms with van der Waals surface area (Å²) in [5.41, 5.74) is 0.797. The fourth-order valence-corrected chi connectivity index (χ4v) is 2.23. The summed E-state index contributed by atoms with van der Waals surface area (Å²) in [6.45, 7) is 2.19. The summed E-state index contributed by atoms with van der Waals surface area (Å²) in [6, 6.07) is 7.84. The predicted octanol–water partition coefficient (Wildman–Crippen LogP) is 3.76. The molecule has 88 valence electrons. The van der Waals surface area contributed by atoms with Gasteiger partial charge in [-0.3, -0.25) is 4.79 Å². The molecule has 0 spiro atoms. The lowest BCUT2D eigenvalue weighted by atomic mass is 10.3. The van der Waals surface area contributed by atoms with Crippen LogP contribution < -0.4 is 5.32 Å². The van der Waals surface area contributed by atoms with E-state index in [0.29, 0.717) is 0 Å². The molecule has 16 heavy (non-hydrogen) atoms. The molecule has 0 unspecified atom stereocenters. The van der Waals surface area contributed by atoms with Crippen LogP contribution in [-0.4, -0.2) is 17.5 Å². The molecule has 0 fully saturated rings. The van der Waals surface area contributed by atoms with Gasteiger partial charge in [0.15, 0.2) is 0 Å². The number of rotatable bonds is 6. The zero-order chi connectivity index (χ0) is 11.8. The first-order valence-corrected chi connectivity index (χ1v) is 6.87. The minimum absolute atomic E-state index is 0.00694. The Kier molecular flexibility index (Phi) is 6.34. The maximum Gasteiger partial charge on any atom is 0.239 e. The van der Waals surface area contributed by atoms with Gasteiger partial charge in [0.1, 0.15) is 5.88 Å². The second kappa shape index (κ2) is 7.58. The van der Waals surface area contributed by atoms with E-state index < -0.39 is 0 Å². The van der Waals surface area contributed by atoms with Crippen molar-refractivity contribution in [2.75, 3.05) is 16.9 Å². The first-order chi connectivity index (χ1) is 7.76. The van der Waals surface area contributed by atoms with Crippen molar-refractivity contribution >= 4 is 35.0 Å². The van der Waals surface area contributed by atoms with E-state index in [2.05, 4.69) is 12.2 Å². The molecular weight excluding hydrogens is 242 g/mol. The molecule has 0 saturated carbocycles. The Balaban J connectivity index is 2.44. The minimum atomic E-state index is -0.173. The van der Waals surface area contributed by atoms with Gasteiger partial charge in [0.25, 0.3) is 0 Å². The van der Waals surface area contributed by atoms with Gasteiger partial charge in [-0.25, -0.2) is 0 Å². The Hall–Kier alpha value is -0.670. The monoisotopic (exact) mass is 257 g/mol. The molecule has 0 aromatic heterocycles. The van der Waals surface area contributed by atoms with E-state index in [1.54, 1.807) is 0 Å². The molecule has 0 saturated heterocycles. The van der Waals surface area contributed by atoms with Crippen LogP contribution in [0.4, 0.5) is 5.69 Å². The van der Waals surface area contributed by atoms with Crippen LogP contribution in [0, 0.1) is 0 Å². The fraction of sp³-hybridized carbons (Fsp3) is 0.417. The summed E-state index contributed by atoms with van der Waals surface area (Å²) in [5.74, 6) is 0.963. The molecule has 0 heterocycles. The molecule has 1 aromatic rings. The number of benzene rings is 1. The number of hydrogen-bond acceptors (Lipinski definition) is 2. The normalized spacial score (nSPS) is 10.1. The highest BCUT2D eigenvalue weighted by molar-refractivity contribution is 7.99. The van der Waals surface area contributed by atoms with Crippen LogP contribution in [0.5, 0.6) is 0 Å². The zero-order valence-electron chi connectivity index (χ0n) is 9.33. The van der Waals surface area contributed by atoms with Gasteiger partial charge in [-0.2, -0.15) is 0 Å². The Morgan fingerprint density at radius 3 is 2.62 bits per heavy atom. The first kappa shape index (κ1) is 13.4. The molecule has 0 radical (unpaired) electrons. The topological polar surface area (TPSA) is 29.1 Å². The third kappa shape index (κ3) is 4.90. The number of halogens is 1. The van der Waals surface area contributed by atoms with Crippen LogP contribution >= 0.6 is 23.4 Å². The fourth-order valence-electron chi connectivity index (χ4n) is 1.16. The van der Waals surface area contributed by atoms with E-state index in [1.165, 1.54) is 17.7 Å². The molecule has 0 atom stereocenters. The number of carbonyl (C=O) groups is 1. The standard InChI is InChI=1S/C12H16ClNOS/c1-2-3-8-16-11-6-4-10(5-7-11)14-12(15)9-13/h4-7H,2-3,8-9H2,1H3,(H,14,15). The Morgan fingerprint density at radius 2 is 2.06 bits per heavy atom. The number of thioether (sulfide) groups is 1. The third-order valence-corrected chi connectivity index (χ3v) is 3.37. The average molecular weight is 258 g/mol. The van der Waals surface area contributed by atoms with Crippen LogP contribution in [0.3, 0.4) is 0 Å². The minimum Gasteiger partial charge on any atom is -0.325 e. The summed E-state index contributed by atoms with van der Waals surface area (Å²) in [7, 11) is 0. The number of anilines is 1. The van der Waals surface area contributed by atoms with E-state index in [9.17, 15) is 4.79 Å². The predicted molar refractivity (Wildman–Crippen MR) is 71.4 cm³/mol. The Labute approximate surface area is 106 Å². The summed E-state index contributed by atoms with van der Waals surface area (Å²) in [6.07, 6.45) is 2.45. The van der Waals surface area contributed by atoms with Crippen molar-refractivity contribution in [3.63, 3.8) is 0 Å². The van der Waals surface area contributed by atoms with Crippen molar-refractivity contribution in [2.24, 2.45) is 0 Å². The van der Waals surface area contributed by atoms with Gasteiger partial charge in [-0.1, -0.05) is 13.3 Å². The molecular formula is C12H16ClNOS. The van der Waals surface area contributed by atoms with E-state index in [1.807, 2.05) is 36.0 Å². The van der Waals surface area contributed by atoms with E-state index in [0.717, 1.165) is 11.4 Å². The van der Waals surface area contributed by atoms with Crippen molar-refractivity contribution in [2.45, 2.75) is 24.7 Å². The highest BCUT2D eigenvalue weighted by atomic mass is 35.5. The maximum atomic E-state index is 11.0. The van der Waals surface area contributed by atoms with Crippen LogP contribution in [0.2, 0.25) is 0 Å². The number of unbranched alkanes of at least 4 members (excludes halogenated alkanes) is 1. The Morgan fingerprint density at radius 1 is 1.38 bits per heavy atom. The number of alkyl halides is 1. The lowest BCUT2D eigenvalue weighted by Crippen LogP contribution is -2.12. The summed E-state index contributed by atoms with van der Waals surface area (Å²) in [4.78, 5) is 12.3. The maximum absolute atomic E-state index is 11.0. The van der Waals surface area contributed by atoms with Gasteiger partial charge in [0, 0.05) is 10.6 Å².